The minimum atomic E-state index is 0.773. The van der Waals surface area contributed by atoms with Gasteiger partial charge in [-0.1, -0.05) is 43.7 Å². The van der Waals surface area contributed by atoms with Crippen LogP contribution in [0, 0.1) is 5.41 Å². The second-order valence-electron chi connectivity index (χ2n) is 4.69. The number of benzene rings is 1. The first kappa shape index (κ1) is 9.76. The molecule has 0 unspecified atom stereocenters. The third-order valence-electron chi connectivity index (χ3n) is 3.72. The summed E-state index contributed by atoms with van der Waals surface area (Å²) in [4.78, 5) is 0. The van der Waals surface area contributed by atoms with Crippen molar-refractivity contribution in [3.8, 4) is 0 Å². The van der Waals surface area contributed by atoms with Crippen molar-refractivity contribution >= 4 is 0 Å². The molecule has 0 amide bonds. The molecule has 0 aromatic heterocycles. The highest BCUT2D eigenvalue weighted by molar-refractivity contribution is 5.14. The van der Waals surface area contributed by atoms with Crippen molar-refractivity contribution in [2.24, 2.45) is 5.41 Å². The summed E-state index contributed by atoms with van der Waals surface area (Å²) in [6, 6.07) is 10.9. The molecule has 2 rings (SSSR count). The smallest absolute Gasteiger partial charge is 0.0279 e. The van der Waals surface area contributed by atoms with E-state index < -0.39 is 0 Å². The van der Waals surface area contributed by atoms with E-state index in [9.17, 15) is 0 Å². The Bertz CT molecular complexity index is 269. The highest BCUT2D eigenvalue weighted by Crippen LogP contribution is 2.52. The molecule has 1 fully saturated rings. The van der Waals surface area contributed by atoms with E-state index in [0.717, 1.165) is 5.41 Å². The Kier molecular flexibility index (Phi) is 2.90. The van der Waals surface area contributed by atoms with Gasteiger partial charge in [-0.2, -0.15) is 0 Å². The summed E-state index contributed by atoms with van der Waals surface area (Å²) < 4.78 is 0. The zero-order valence-electron chi connectivity index (χ0n) is 9.13. The van der Waals surface area contributed by atoms with Crippen molar-refractivity contribution in [1.82, 2.24) is 0 Å². The third-order valence-corrected chi connectivity index (χ3v) is 3.72. The molecule has 14 heavy (non-hydrogen) atoms. The molecule has 76 valence electrons. The maximum absolute atomic E-state index is 2.34. The van der Waals surface area contributed by atoms with Crippen LogP contribution >= 0.6 is 0 Å². The van der Waals surface area contributed by atoms with E-state index in [1.54, 1.807) is 0 Å². The Hall–Kier alpha value is -0.780. The van der Waals surface area contributed by atoms with Crippen LogP contribution < -0.4 is 0 Å². The van der Waals surface area contributed by atoms with Crippen molar-refractivity contribution in [1.29, 1.82) is 0 Å². The molecule has 0 aliphatic heterocycles. The van der Waals surface area contributed by atoms with E-state index in [-0.39, 0.29) is 0 Å². The first-order chi connectivity index (χ1) is 6.85. The first-order valence-corrected chi connectivity index (χ1v) is 5.89. The van der Waals surface area contributed by atoms with Gasteiger partial charge in [-0.05, 0) is 43.1 Å². The van der Waals surface area contributed by atoms with E-state index >= 15 is 0 Å². The van der Waals surface area contributed by atoms with Gasteiger partial charge in [0, 0.05) is 0 Å². The predicted octanol–water partition coefficient (Wildman–Crippen LogP) is 4.20. The lowest BCUT2D eigenvalue weighted by Crippen LogP contribution is -1.98. The van der Waals surface area contributed by atoms with Crippen LogP contribution in [0.3, 0.4) is 0 Å². The normalized spacial score (nSPS) is 18.1. The van der Waals surface area contributed by atoms with Crippen molar-refractivity contribution in [3.05, 3.63) is 35.9 Å². The van der Waals surface area contributed by atoms with E-state index in [1.165, 1.54) is 44.1 Å². The maximum Gasteiger partial charge on any atom is -0.0279 e. The summed E-state index contributed by atoms with van der Waals surface area (Å²) in [5, 5.41) is 0. The molecule has 1 saturated carbocycles. The molecule has 0 nitrogen and oxygen atoms in total. The fourth-order valence-corrected chi connectivity index (χ4v) is 2.27. The second kappa shape index (κ2) is 4.16. The van der Waals surface area contributed by atoms with Gasteiger partial charge >= 0.3 is 0 Å². The van der Waals surface area contributed by atoms with E-state index in [4.69, 9.17) is 0 Å². The van der Waals surface area contributed by atoms with E-state index in [2.05, 4.69) is 37.3 Å². The molecule has 1 aromatic carbocycles. The summed E-state index contributed by atoms with van der Waals surface area (Å²) in [6.07, 6.45) is 8.44. The van der Waals surface area contributed by atoms with Crippen molar-refractivity contribution < 1.29 is 0 Å². The Morgan fingerprint density at radius 2 is 1.86 bits per heavy atom. The molecular weight excluding hydrogens is 168 g/mol. The molecule has 0 spiro atoms. The molecule has 0 radical (unpaired) electrons. The quantitative estimate of drug-likeness (QED) is 0.649. The number of aryl methyl sites for hydroxylation is 1. The zero-order valence-corrected chi connectivity index (χ0v) is 9.13. The zero-order chi connectivity index (χ0) is 9.86. The highest BCUT2D eigenvalue weighted by atomic mass is 14.4. The number of rotatable bonds is 5. The van der Waals surface area contributed by atoms with Crippen molar-refractivity contribution in [2.45, 2.75) is 45.4 Å². The van der Waals surface area contributed by atoms with Crippen LogP contribution in [0.4, 0.5) is 0 Å². The maximum atomic E-state index is 2.34. The summed E-state index contributed by atoms with van der Waals surface area (Å²) >= 11 is 0. The molecular formula is C14H20. The van der Waals surface area contributed by atoms with Gasteiger partial charge in [0.25, 0.3) is 0 Å². The highest BCUT2D eigenvalue weighted by Gasteiger charge is 2.39. The van der Waals surface area contributed by atoms with Gasteiger partial charge in [0.15, 0.2) is 0 Å². The third kappa shape index (κ3) is 2.37. The lowest BCUT2D eigenvalue weighted by Gasteiger charge is -2.11. The summed E-state index contributed by atoms with van der Waals surface area (Å²) in [6.45, 7) is 2.34. The minimum absolute atomic E-state index is 0.773. The molecule has 0 bridgehead atoms. The topological polar surface area (TPSA) is 0 Å². The molecule has 1 aromatic rings. The molecule has 0 atom stereocenters. The van der Waals surface area contributed by atoms with Gasteiger partial charge in [0.2, 0.25) is 0 Å². The fraction of sp³-hybridized carbons (Fsp3) is 0.571. The Labute approximate surface area is 87.3 Å². The standard InChI is InChI=1S/C14H20/c1-2-14(11-12-14)10-6-9-13-7-4-3-5-8-13/h3-5,7-8H,2,6,9-12H2,1H3. The summed E-state index contributed by atoms with van der Waals surface area (Å²) in [5.74, 6) is 0. The van der Waals surface area contributed by atoms with Gasteiger partial charge in [0.05, 0.1) is 0 Å². The van der Waals surface area contributed by atoms with Crippen molar-refractivity contribution in [3.63, 3.8) is 0 Å². The number of hydrogen-bond donors (Lipinski definition) is 0. The van der Waals surface area contributed by atoms with Crippen LogP contribution in [0.5, 0.6) is 0 Å². The molecule has 0 heterocycles. The summed E-state index contributed by atoms with van der Waals surface area (Å²) in [5.41, 5.74) is 2.27. The fourth-order valence-electron chi connectivity index (χ4n) is 2.27. The van der Waals surface area contributed by atoms with Gasteiger partial charge in [0.1, 0.15) is 0 Å². The van der Waals surface area contributed by atoms with Crippen molar-refractivity contribution in [2.75, 3.05) is 0 Å². The van der Waals surface area contributed by atoms with E-state index in [1.807, 2.05) is 0 Å². The number of hydrogen-bond acceptors (Lipinski definition) is 0. The molecule has 1 aliphatic rings. The molecule has 0 heteroatoms. The van der Waals surface area contributed by atoms with Gasteiger partial charge < -0.3 is 0 Å². The first-order valence-electron chi connectivity index (χ1n) is 5.89. The molecule has 0 N–H and O–H groups in total. The monoisotopic (exact) mass is 188 g/mol. The second-order valence-corrected chi connectivity index (χ2v) is 4.69. The average Bonchev–Trinajstić information content (AvgIpc) is 3.00. The van der Waals surface area contributed by atoms with Gasteiger partial charge in [-0.15, -0.1) is 0 Å². The van der Waals surface area contributed by atoms with Crippen LogP contribution in [0.2, 0.25) is 0 Å². The van der Waals surface area contributed by atoms with Crippen LogP contribution in [0.1, 0.15) is 44.6 Å². The minimum Gasteiger partial charge on any atom is -0.0649 e. The van der Waals surface area contributed by atoms with Crippen LogP contribution in [0.15, 0.2) is 30.3 Å². The Morgan fingerprint density at radius 3 is 2.43 bits per heavy atom. The molecule has 1 aliphatic carbocycles. The summed E-state index contributed by atoms with van der Waals surface area (Å²) in [7, 11) is 0. The lowest BCUT2D eigenvalue weighted by atomic mass is 9.95. The Morgan fingerprint density at radius 1 is 1.14 bits per heavy atom. The average molecular weight is 188 g/mol. The predicted molar refractivity (Wildman–Crippen MR) is 61.3 cm³/mol. The largest absolute Gasteiger partial charge is 0.0649 e. The Balaban J connectivity index is 1.73. The van der Waals surface area contributed by atoms with E-state index in [0.29, 0.717) is 0 Å². The lowest BCUT2D eigenvalue weighted by molar-refractivity contribution is 0.434. The van der Waals surface area contributed by atoms with Crippen LogP contribution in [-0.4, -0.2) is 0 Å². The van der Waals surface area contributed by atoms with Crippen LogP contribution in [-0.2, 0) is 6.42 Å². The SMILES string of the molecule is CCC1(CCCc2ccccc2)CC1. The molecule has 0 saturated heterocycles. The van der Waals surface area contributed by atoms with Crippen LogP contribution in [0.25, 0.3) is 0 Å². The van der Waals surface area contributed by atoms with Gasteiger partial charge in [-0.25, -0.2) is 0 Å². The van der Waals surface area contributed by atoms with Gasteiger partial charge in [-0.3, -0.25) is 0 Å².